The van der Waals surface area contributed by atoms with Crippen LogP contribution in [-0.2, 0) is 11.3 Å². The topological polar surface area (TPSA) is 72.2 Å². The number of hydrogen-bond donors (Lipinski definition) is 2. The van der Waals surface area contributed by atoms with Crippen LogP contribution in [0.15, 0.2) is 4.42 Å². The molecule has 1 aromatic heterocycles. The van der Waals surface area contributed by atoms with Gasteiger partial charge in [0.2, 0.25) is 5.89 Å². The van der Waals surface area contributed by atoms with Crippen LogP contribution in [0.25, 0.3) is 0 Å². The zero-order valence-electron chi connectivity index (χ0n) is 10.8. The molecule has 0 aliphatic heterocycles. The first-order valence-corrected chi connectivity index (χ1v) is 6.02. The van der Waals surface area contributed by atoms with Gasteiger partial charge in [-0.3, -0.25) is 0 Å². The standard InChI is InChI=1S/C11H22N4O2/c1-4-9(2)7-13-11-15-14-10(17-11)8-12-5-6-16-3/h9,12H,4-8H2,1-3H3,(H,13,15). The largest absolute Gasteiger partial charge is 0.407 e. The third kappa shape index (κ3) is 5.65. The molecule has 2 N–H and O–H groups in total. The molecule has 0 aliphatic carbocycles. The minimum atomic E-state index is 0.494. The summed E-state index contributed by atoms with van der Waals surface area (Å²) in [6.45, 7) is 7.21. The molecule has 98 valence electrons. The normalized spacial score (nSPS) is 12.6. The Bertz CT molecular complexity index is 303. The number of aromatic nitrogens is 2. The van der Waals surface area contributed by atoms with Gasteiger partial charge in [0, 0.05) is 20.2 Å². The zero-order chi connectivity index (χ0) is 12.5. The molecule has 0 saturated carbocycles. The molecule has 0 amide bonds. The molecule has 1 unspecified atom stereocenters. The summed E-state index contributed by atoms with van der Waals surface area (Å²) in [6, 6.07) is 0.494. The van der Waals surface area contributed by atoms with Gasteiger partial charge in [-0.05, 0) is 5.92 Å². The molecule has 0 bridgehead atoms. The van der Waals surface area contributed by atoms with Crippen molar-refractivity contribution in [2.45, 2.75) is 26.8 Å². The maximum Gasteiger partial charge on any atom is 0.315 e. The van der Waals surface area contributed by atoms with Crippen LogP contribution < -0.4 is 10.6 Å². The van der Waals surface area contributed by atoms with Gasteiger partial charge in [0.05, 0.1) is 13.2 Å². The molecule has 6 heteroatoms. The van der Waals surface area contributed by atoms with Crippen molar-refractivity contribution >= 4 is 6.01 Å². The Morgan fingerprint density at radius 2 is 2.24 bits per heavy atom. The highest BCUT2D eigenvalue weighted by Crippen LogP contribution is 2.07. The first kappa shape index (κ1) is 13.9. The van der Waals surface area contributed by atoms with Gasteiger partial charge in [0.15, 0.2) is 0 Å². The van der Waals surface area contributed by atoms with Crippen molar-refractivity contribution < 1.29 is 9.15 Å². The summed E-state index contributed by atoms with van der Waals surface area (Å²) in [7, 11) is 1.67. The van der Waals surface area contributed by atoms with Crippen LogP contribution >= 0.6 is 0 Å². The van der Waals surface area contributed by atoms with E-state index in [1.807, 2.05) is 0 Å². The summed E-state index contributed by atoms with van der Waals surface area (Å²) in [6.07, 6.45) is 1.13. The lowest BCUT2D eigenvalue weighted by atomic mass is 10.1. The average Bonchev–Trinajstić information content (AvgIpc) is 2.79. The summed E-state index contributed by atoms with van der Waals surface area (Å²) in [5.41, 5.74) is 0. The monoisotopic (exact) mass is 242 g/mol. The van der Waals surface area contributed by atoms with Crippen LogP contribution in [0.4, 0.5) is 6.01 Å². The van der Waals surface area contributed by atoms with E-state index in [4.69, 9.17) is 9.15 Å². The average molecular weight is 242 g/mol. The van der Waals surface area contributed by atoms with Crippen LogP contribution in [-0.4, -0.2) is 37.0 Å². The maximum atomic E-state index is 5.42. The second kappa shape index (κ2) is 8.03. The van der Waals surface area contributed by atoms with E-state index in [1.165, 1.54) is 0 Å². The van der Waals surface area contributed by atoms with E-state index in [-0.39, 0.29) is 0 Å². The molecule has 1 aromatic rings. The van der Waals surface area contributed by atoms with Gasteiger partial charge in [-0.1, -0.05) is 25.4 Å². The molecule has 1 atom stereocenters. The molecule has 0 radical (unpaired) electrons. The summed E-state index contributed by atoms with van der Waals surface area (Å²) < 4.78 is 10.3. The Kier molecular flexibility index (Phi) is 6.57. The van der Waals surface area contributed by atoms with Crippen LogP contribution in [0.2, 0.25) is 0 Å². The highest BCUT2D eigenvalue weighted by Gasteiger charge is 2.06. The first-order valence-electron chi connectivity index (χ1n) is 6.02. The van der Waals surface area contributed by atoms with E-state index >= 15 is 0 Å². The second-order valence-electron chi connectivity index (χ2n) is 4.06. The molecule has 0 aliphatic rings. The molecule has 0 fully saturated rings. The minimum Gasteiger partial charge on any atom is -0.407 e. The van der Waals surface area contributed by atoms with Gasteiger partial charge < -0.3 is 19.8 Å². The highest BCUT2D eigenvalue weighted by molar-refractivity contribution is 5.16. The van der Waals surface area contributed by atoms with Crippen molar-refractivity contribution in [1.29, 1.82) is 0 Å². The molecular formula is C11H22N4O2. The minimum absolute atomic E-state index is 0.494. The number of rotatable bonds is 9. The smallest absolute Gasteiger partial charge is 0.315 e. The van der Waals surface area contributed by atoms with E-state index in [9.17, 15) is 0 Å². The van der Waals surface area contributed by atoms with E-state index in [1.54, 1.807) is 7.11 Å². The van der Waals surface area contributed by atoms with E-state index in [2.05, 4.69) is 34.7 Å². The van der Waals surface area contributed by atoms with Crippen molar-refractivity contribution in [3.8, 4) is 0 Å². The Morgan fingerprint density at radius 1 is 1.41 bits per heavy atom. The van der Waals surface area contributed by atoms with Gasteiger partial charge in [-0.2, -0.15) is 0 Å². The molecule has 0 saturated heterocycles. The lowest BCUT2D eigenvalue weighted by Gasteiger charge is -2.06. The van der Waals surface area contributed by atoms with Crippen molar-refractivity contribution in [3.63, 3.8) is 0 Å². The number of ether oxygens (including phenoxy) is 1. The molecule has 0 aromatic carbocycles. The molecule has 1 heterocycles. The number of nitrogens with zero attached hydrogens (tertiary/aromatic N) is 2. The van der Waals surface area contributed by atoms with Gasteiger partial charge in [0.25, 0.3) is 0 Å². The molecular weight excluding hydrogens is 220 g/mol. The number of hydrogen-bond acceptors (Lipinski definition) is 6. The summed E-state index contributed by atoms with van der Waals surface area (Å²) in [5.74, 6) is 1.19. The summed E-state index contributed by atoms with van der Waals surface area (Å²) in [5, 5.41) is 14.1. The Labute approximate surface area is 102 Å². The molecule has 6 nitrogen and oxygen atoms in total. The number of nitrogens with one attached hydrogen (secondary N) is 2. The molecule has 17 heavy (non-hydrogen) atoms. The SMILES string of the molecule is CCC(C)CNc1nnc(CNCCOC)o1. The van der Waals surface area contributed by atoms with Crippen LogP contribution in [0.3, 0.4) is 0 Å². The number of anilines is 1. The van der Waals surface area contributed by atoms with Crippen LogP contribution in [0.5, 0.6) is 0 Å². The van der Waals surface area contributed by atoms with Crippen LogP contribution in [0.1, 0.15) is 26.2 Å². The predicted octanol–water partition coefficient (Wildman–Crippen LogP) is 1.26. The van der Waals surface area contributed by atoms with Gasteiger partial charge in [0.1, 0.15) is 0 Å². The fraction of sp³-hybridized carbons (Fsp3) is 0.818. The first-order chi connectivity index (χ1) is 8.26. The van der Waals surface area contributed by atoms with Crippen LogP contribution in [0, 0.1) is 5.92 Å². The van der Waals surface area contributed by atoms with E-state index in [0.717, 1.165) is 19.5 Å². The number of methoxy groups -OCH3 is 1. The second-order valence-corrected chi connectivity index (χ2v) is 4.06. The van der Waals surface area contributed by atoms with Gasteiger partial charge >= 0.3 is 6.01 Å². The predicted molar refractivity (Wildman–Crippen MR) is 65.8 cm³/mol. The summed E-state index contributed by atoms with van der Waals surface area (Å²) >= 11 is 0. The van der Waals surface area contributed by atoms with Gasteiger partial charge in [-0.25, -0.2) is 0 Å². The lowest BCUT2D eigenvalue weighted by Crippen LogP contribution is -2.18. The third-order valence-electron chi connectivity index (χ3n) is 2.52. The zero-order valence-corrected chi connectivity index (χ0v) is 10.8. The fourth-order valence-corrected chi connectivity index (χ4v) is 1.17. The van der Waals surface area contributed by atoms with E-state index in [0.29, 0.717) is 31.0 Å². The maximum absolute atomic E-state index is 5.42. The Hall–Kier alpha value is -1.14. The van der Waals surface area contributed by atoms with Gasteiger partial charge in [-0.15, -0.1) is 5.10 Å². The van der Waals surface area contributed by atoms with E-state index < -0.39 is 0 Å². The molecule has 0 spiro atoms. The fourth-order valence-electron chi connectivity index (χ4n) is 1.17. The Balaban J connectivity index is 2.22. The van der Waals surface area contributed by atoms with Crippen molar-refractivity contribution in [2.24, 2.45) is 5.92 Å². The van der Waals surface area contributed by atoms with Crippen molar-refractivity contribution in [2.75, 3.05) is 32.1 Å². The van der Waals surface area contributed by atoms with Crippen molar-refractivity contribution in [1.82, 2.24) is 15.5 Å². The third-order valence-corrected chi connectivity index (χ3v) is 2.52. The highest BCUT2D eigenvalue weighted by atomic mass is 16.5. The van der Waals surface area contributed by atoms with Crippen molar-refractivity contribution in [3.05, 3.63) is 5.89 Å². The Morgan fingerprint density at radius 3 is 2.94 bits per heavy atom. The molecule has 1 rings (SSSR count). The summed E-state index contributed by atoms with van der Waals surface area (Å²) in [4.78, 5) is 0. The lowest BCUT2D eigenvalue weighted by molar-refractivity contribution is 0.198. The quantitative estimate of drug-likeness (QED) is 0.635.